The summed E-state index contributed by atoms with van der Waals surface area (Å²) in [4.78, 5) is 26.7. The molecule has 0 aliphatic carbocycles. The van der Waals surface area contributed by atoms with Gasteiger partial charge in [0.05, 0.1) is 10.8 Å². The first-order valence-corrected chi connectivity index (χ1v) is 7.45. The molecule has 1 saturated heterocycles. The number of nitrogens with two attached hydrogens (primary N) is 2. The van der Waals surface area contributed by atoms with Gasteiger partial charge in [0.1, 0.15) is 0 Å². The summed E-state index contributed by atoms with van der Waals surface area (Å²) >= 11 is 1.43. The fourth-order valence-electron chi connectivity index (χ4n) is 2.53. The topological polar surface area (TPSA) is 101 Å². The Morgan fingerprint density at radius 1 is 1.55 bits per heavy atom. The average molecular weight is 296 g/mol. The molecule has 1 aliphatic rings. The van der Waals surface area contributed by atoms with Crippen LogP contribution in [0.25, 0.3) is 0 Å². The van der Waals surface area contributed by atoms with Gasteiger partial charge in [0, 0.05) is 18.0 Å². The summed E-state index contributed by atoms with van der Waals surface area (Å²) in [5.74, 6) is 4.60. The average Bonchev–Trinajstić information content (AvgIpc) is 2.79. The quantitative estimate of drug-likeness (QED) is 0.424. The van der Waals surface area contributed by atoms with Gasteiger partial charge < -0.3 is 5.73 Å². The highest BCUT2D eigenvalue weighted by Gasteiger charge is 2.24. The van der Waals surface area contributed by atoms with Crippen LogP contribution in [0, 0.1) is 12.8 Å². The lowest BCUT2D eigenvalue weighted by Crippen LogP contribution is -2.40. The number of carbonyl (C=O) groups excluding carboxylic acids is 2. The number of carbonyl (C=O) groups is 2. The molecule has 0 saturated carbocycles. The molecule has 0 bridgehead atoms. The molecule has 2 rings (SSSR count). The summed E-state index contributed by atoms with van der Waals surface area (Å²) in [7, 11) is 0. The molecule has 20 heavy (non-hydrogen) atoms. The van der Waals surface area contributed by atoms with Crippen molar-refractivity contribution in [2.24, 2.45) is 17.5 Å². The maximum Gasteiger partial charge on any atom is 0.275 e. The number of nitrogens with one attached hydrogen (secondary N) is 1. The number of nitrogen functional groups attached to an aromatic ring is 1. The molecule has 0 radical (unpaired) electrons. The van der Waals surface area contributed by atoms with Crippen LogP contribution >= 0.6 is 11.3 Å². The third-order valence-corrected chi connectivity index (χ3v) is 4.77. The van der Waals surface area contributed by atoms with Crippen LogP contribution < -0.4 is 17.0 Å². The van der Waals surface area contributed by atoms with Crippen molar-refractivity contribution in [1.82, 2.24) is 10.3 Å². The van der Waals surface area contributed by atoms with Crippen LogP contribution in [-0.4, -0.2) is 29.8 Å². The number of likely N-dealkylation sites (tertiary alicyclic amines) is 1. The summed E-state index contributed by atoms with van der Waals surface area (Å²) in [6.45, 7) is 4.38. The smallest absolute Gasteiger partial charge is 0.275 e. The normalized spacial score (nSPS) is 19.8. The lowest BCUT2D eigenvalue weighted by Gasteiger charge is -2.31. The Kier molecular flexibility index (Phi) is 4.74. The number of hydrazine groups is 1. The number of thiophene rings is 1. The van der Waals surface area contributed by atoms with Crippen LogP contribution in [-0.2, 0) is 11.3 Å². The fourth-order valence-corrected chi connectivity index (χ4v) is 3.47. The van der Waals surface area contributed by atoms with Gasteiger partial charge in [-0.2, -0.15) is 0 Å². The van der Waals surface area contributed by atoms with Crippen LogP contribution in [0.1, 0.15) is 33.0 Å². The van der Waals surface area contributed by atoms with Crippen LogP contribution in [0.15, 0.2) is 6.07 Å². The molecule has 1 aromatic rings. The molecule has 0 aromatic carbocycles. The Morgan fingerprint density at radius 2 is 2.30 bits per heavy atom. The number of hydrogen-bond acceptors (Lipinski definition) is 5. The van der Waals surface area contributed by atoms with Gasteiger partial charge in [-0.3, -0.25) is 19.9 Å². The minimum Gasteiger partial charge on any atom is -0.369 e. The highest BCUT2D eigenvalue weighted by atomic mass is 32.1. The summed E-state index contributed by atoms with van der Waals surface area (Å²) in [6.07, 6.45) is 1.85. The minimum absolute atomic E-state index is 0.0606. The first-order valence-electron chi connectivity index (χ1n) is 6.63. The standard InChI is InChI=1S/C13H20N4O2S/c1-8-10(5-11(20-8)13(19)16-15)7-17-4-2-3-9(6-17)12(14)18/h5,9H,2-4,6-7,15H2,1H3,(H2,14,18)(H,16,19). The number of hydrogen-bond donors (Lipinski definition) is 3. The monoisotopic (exact) mass is 296 g/mol. The maximum atomic E-state index is 11.5. The van der Waals surface area contributed by atoms with Crippen molar-refractivity contribution in [3.05, 3.63) is 21.4 Å². The Morgan fingerprint density at radius 3 is 2.95 bits per heavy atom. The van der Waals surface area contributed by atoms with Crippen LogP contribution in [0.3, 0.4) is 0 Å². The van der Waals surface area contributed by atoms with E-state index in [1.54, 1.807) is 0 Å². The van der Waals surface area contributed by atoms with Gasteiger partial charge in [-0.15, -0.1) is 11.3 Å². The van der Waals surface area contributed by atoms with Crippen molar-refractivity contribution in [3.8, 4) is 0 Å². The molecular formula is C13H20N4O2S. The van der Waals surface area contributed by atoms with Gasteiger partial charge in [-0.1, -0.05) is 0 Å². The molecule has 5 N–H and O–H groups in total. The van der Waals surface area contributed by atoms with E-state index >= 15 is 0 Å². The zero-order chi connectivity index (χ0) is 14.7. The highest BCUT2D eigenvalue weighted by molar-refractivity contribution is 7.14. The number of piperidine rings is 1. The predicted octanol–water partition coefficient (Wildman–Crippen LogP) is 0.357. The number of nitrogens with zero attached hydrogens (tertiary/aromatic N) is 1. The van der Waals surface area contributed by atoms with E-state index in [9.17, 15) is 9.59 Å². The van der Waals surface area contributed by atoms with Crippen molar-refractivity contribution in [2.75, 3.05) is 13.1 Å². The lowest BCUT2D eigenvalue weighted by molar-refractivity contribution is -0.123. The van der Waals surface area contributed by atoms with Gasteiger partial charge in [0.2, 0.25) is 5.91 Å². The van der Waals surface area contributed by atoms with E-state index in [2.05, 4.69) is 10.3 Å². The second kappa shape index (κ2) is 6.34. The molecule has 110 valence electrons. The maximum absolute atomic E-state index is 11.5. The van der Waals surface area contributed by atoms with Crippen molar-refractivity contribution in [3.63, 3.8) is 0 Å². The predicted molar refractivity (Wildman–Crippen MR) is 77.9 cm³/mol. The molecule has 2 amide bonds. The first kappa shape index (κ1) is 15.0. The SMILES string of the molecule is Cc1sc(C(=O)NN)cc1CN1CCCC(C(N)=O)C1. The van der Waals surface area contributed by atoms with Gasteiger partial charge in [0.25, 0.3) is 5.91 Å². The van der Waals surface area contributed by atoms with Crippen molar-refractivity contribution >= 4 is 23.2 Å². The van der Waals surface area contributed by atoms with Crippen LogP contribution in [0.4, 0.5) is 0 Å². The summed E-state index contributed by atoms with van der Waals surface area (Å²) in [5, 5.41) is 0. The molecule has 1 atom stereocenters. The molecule has 1 aromatic heterocycles. The Bertz CT molecular complexity index is 514. The summed E-state index contributed by atoms with van der Waals surface area (Å²) in [5.41, 5.74) is 8.64. The third kappa shape index (κ3) is 3.36. The van der Waals surface area contributed by atoms with Crippen molar-refractivity contribution in [1.29, 1.82) is 0 Å². The third-order valence-electron chi connectivity index (χ3n) is 3.68. The minimum atomic E-state index is -0.266. The molecular weight excluding hydrogens is 276 g/mol. The lowest BCUT2D eigenvalue weighted by atomic mass is 9.97. The molecule has 1 aliphatic heterocycles. The van der Waals surface area contributed by atoms with E-state index in [4.69, 9.17) is 11.6 Å². The second-order valence-electron chi connectivity index (χ2n) is 5.14. The number of primary amides is 1. The van der Waals surface area contributed by atoms with E-state index in [-0.39, 0.29) is 17.7 Å². The second-order valence-corrected chi connectivity index (χ2v) is 6.40. The van der Waals surface area contributed by atoms with E-state index in [0.29, 0.717) is 11.4 Å². The van der Waals surface area contributed by atoms with E-state index in [0.717, 1.165) is 36.4 Å². The summed E-state index contributed by atoms with van der Waals surface area (Å²) < 4.78 is 0. The number of aryl methyl sites for hydroxylation is 1. The van der Waals surface area contributed by atoms with Gasteiger partial charge >= 0.3 is 0 Å². The Balaban J connectivity index is 2.04. The zero-order valence-corrected chi connectivity index (χ0v) is 12.3. The van der Waals surface area contributed by atoms with Crippen LogP contribution in [0.2, 0.25) is 0 Å². The van der Waals surface area contributed by atoms with Gasteiger partial charge in [-0.25, -0.2) is 5.84 Å². The van der Waals surface area contributed by atoms with E-state index < -0.39 is 0 Å². The molecule has 7 heteroatoms. The van der Waals surface area contributed by atoms with Gasteiger partial charge in [0.15, 0.2) is 0 Å². The molecule has 6 nitrogen and oxygen atoms in total. The van der Waals surface area contributed by atoms with Gasteiger partial charge in [-0.05, 0) is 37.9 Å². The van der Waals surface area contributed by atoms with E-state index in [1.807, 2.05) is 13.0 Å². The molecule has 0 spiro atoms. The molecule has 1 fully saturated rings. The van der Waals surface area contributed by atoms with Crippen molar-refractivity contribution in [2.45, 2.75) is 26.3 Å². The molecule has 1 unspecified atom stereocenters. The van der Waals surface area contributed by atoms with Crippen LogP contribution in [0.5, 0.6) is 0 Å². The highest BCUT2D eigenvalue weighted by Crippen LogP contribution is 2.25. The molecule has 2 heterocycles. The zero-order valence-electron chi connectivity index (χ0n) is 11.5. The first-order chi connectivity index (χ1) is 9.51. The summed E-state index contributed by atoms with van der Waals surface area (Å²) in [6, 6.07) is 1.87. The van der Waals surface area contributed by atoms with E-state index in [1.165, 1.54) is 11.3 Å². The Labute approximate surface area is 122 Å². The van der Waals surface area contributed by atoms with Crippen molar-refractivity contribution < 1.29 is 9.59 Å². The number of amides is 2. The number of rotatable bonds is 4. The fraction of sp³-hybridized carbons (Fsp3) is 0.538. The Hall–Kier alpha value is -1.44. The largest absolute Gasteiger partial charge is 0.369 e.